The molecule has 0 N–H and O–H groups in total. The zero-order valence-corrected chi connectivity index (χ0v) is 14.1. The standard InChI is InChI=1S/C16H15N5OS/c1-8-5-11(13-10(3)20-21(4)15(13)18-8)14(22)12(6-17)16-19-9(2)7-23-16/h5,7,12H,1-4H3. The van der Waals surface area contributed by atoms with Gasteiger partial charge in [-0.3, -0.25) is 9.48 Å². The molecule has 3 aromatic heterocycles. The van der Waals surface area contributed by atoms with E-state index in [1.807, 2.05) is 26.2 Å². The Bertz CT molecular complexity index is 963. The molecule has 6 nitrogen and oxygen atoms in total. The first kappa shape index (κ1) is 15.3. The number of nitriles is 1. The number of fused-ring (bicyclic) bond motifs is 1. The average molecular weight is 325 g/mol. The minimum Gasteiger partial charge on any atom is -0.292 e. The van der Waals surface area contributed by atoms with E-state index in [0.717, 1.165) is 17.1 Å². The second-order valence-corrected chi connectivity index (χ2v) is 6.36. The number of carbonyl (C=O) groups excluding carboxylic acids is 1. The second-order valence-electron chi connectivity index (χ2n) is 5.47. The van der Waals surface area contributed by atoms with Crippen LogP contribution in [0.25, 0.3) is 11.0 Å². The highest BCUT2D eigenvalue weighted by Crippen LogP contribution is 2.29. The quantitative estimate of drug-likeness (QED) is 0.691. The van der Waals surface area contributed by atoms with Gasteiger partial charge in [0.25, 0.3) is 0 Å². The number of Topliss-reactive ketones (excluding diaryl/α,β-unsaturated/α-hetero) is 1. The highest BCUT2D eigenvalue weighted by Gasteiger charge is 2.28. The predicted molar refractivity (Wildman–Crippen MR) is 87.5 cm³/mol. The third kappa shape index (κ3) is 2.51. The highest BCUT2D eigenvalue weighted by molar-refractivity contribution is 7.10. The van der Waals surface area contributed by atoms with E-state index in [4.69, 9.17) is 0 Å². The summed E-state index contributed by atoms with van der Waals surface area (Å²) in [7, 11) is 1.79. The number of nitrogens with zero attached hydrogens (tertiary/aromatic N) is 5. The zero-order chi connectivity index (χ0) is 16.7. The van der Waals surface area contributed by atoms with Crippen LogP contribution in [0.1, 0.15) is 38.4 Å². The van der Waals surface area contributed by atoms with Crippen molar-refractivity contribution < 1.29 is 4.79 Å². The van der Waals surface area contributed by atoms with Crippen LogP contribution in [0.15, 0.2) is 11.4 Å². The molecule has 0 aliphatic rings. The smallest absolute Gasteiger partial charge is 0.187 e. The van der Waals surface area contributed by atoms with Gasteiger partial charge in [0.05, 0.1) is 17.1 Å². The number of hydrogen-bond donors (Lipinski definition) is 0. The predicted octanol–water partition coefficient (Wildman–Crippen LogP) is 2.84. The van der Waals surface area contributed by atoms with Gasteiger partial charge in [0.15, 0.2) is 17.3 Å². The fraction of sp³-hybridized carbons (Fsp3) is 0.312. The maximum Gasteiger partial charge on any atom is 0.187 e. The Hall–Kier alpha value is -2.59. The summed E-state index contributed by atoms with van der Waals surface area (Å²) in [4.78, 5) is 21.7. The third-order valence-corrected chi connectivity index (χ3v) is 4.66. The lowest BCUT2D eigenvalue weighted by Gasteiger charge is -2.08. The number of aryl methyl sites for hydroxylation is 4. The lowest BCUT2D eigenvalue weighted by Crippen LogP contribution is -2.12. The van der Waals surface area contributed by atoms with Gasteiger partial charge >= 0.3 is 0 Å². The van der Waals surface area contributed by atoms with Gasteiger partial charge in [0, 0.05) is 29.4 Å². The van der Waals surface area contributed by atoms with Crippen molar-refractivity contribution in [1.82, 2.24) is 19.7 Å². The molecule has 0 aromatic carbocycles. The van der Waals surface area contributed by atoms with Crippen molar-refractivity contribution >= 4 is 28.2 Å². The van der Waals surface area contributed by atoms with Gasteiger partial charge in [0.1, 0.15) is 5.01 Å². The first-order valence-corrected chi connectivity index (χ1v) is 7.97. The van der Waals surface area contributed by atoms with Gasteiger partial charge < -0.3 is 0 Å². The molecular formula is C16H15N5OS. The van der Waals surface area contributed by atoms with E-state index in [1.165, 1.54) is 11.3 Å². The summed E-state index contributed by atoms with van der Waals surface area (Å²) >= 11 is 1.33. The van der Waals surface area contributed by atoms with Crippen LogP contribution in [0.2, 0.25) is 0 Å². The number of pyridine rings is 1. The van der Waals surface area contributed by atoms with Crippen LogP contribution in [0.3, 0.4) is 0 Å². The van der Waals surface area contributed by atoms with Crippen molar-refractivity contribution in [2.24, 2.45) is 7.05 Å². The van der Waals surface area contributed by atoms with Crippen molar-refractivity contribution in [3.8, 4) is 6.07 Å². The molecule has 0 spiro atoms. The number of hydrogen-bond acceptors (Lipinski definition) is 6. The Morgan fingerprint density at radius 1 is 1.30 bits per heavy atom. The van der Waals surface area contributed by atoms with Crippen LogP contribution in [0, 0.1) is 32.1 Å². The number of ketones is 1. The lowest BCUT2D eigenvalue weighted by atomic mass is 9.96. The fourth-order valence-corrected chi connectivity index (χ4v) is 3.49. The number of aromatic nitrogens is 4. The molecule has 0 radical (unpaired) electrons. The molecule has 0 bridgehead atoms. The summed E-state index contributed by atoms with van der Waals surface area (Å²) in [6.45, 7) is 5.51. The van der Waals surface area contributed by atoms with Gasteiger partial charge in [-0.2, -0.15) is 10.4 Å². The molecule has 0 aliphatic heterocycles. The van der Waals surface area contributed by atoms with Crippen LogP contribution in [-0.2, 0) is 7.05 Å². The van der Waals surface area contributed by atoms with E-state index in [9.17, 15) is 10.1 Å². The molecule has 116 valence electrons. The van der Waals surface area contributed by atoms with Crippen molar-refractivity contribution in [2.45, 2.75) is 26.7 Å². The minimum absolute atomic E-state index is 0.256. The Balaban J connectivity index is 2.19. The maximum absolute atomic E-state index is 13.0. The van der Waals surface area contributed by atoms with Crippen LogP contribution in [0.4, 0.5) is 0 Å². The van der Waals surface area contributed by atoms with E-state index in [-0.39, 0.29) is 5.78 Å². The summed E-state index contributed by atoms with van der Waals surface area (Å²) in [5.41, 5.74) is 3.39. The van der Waals surface area contributed by atoms with Gasteiger partial charge in [-0.15, -0.1) is 11.3 Å². The molecule has 3 rings (SSSR count). The second kappa shape index (κ2) is 5.56. The minimum atomic E-state index is -0.904. The van der Waals surface area contributed by atoms with E-state index < -0.39 is 5.92 Å². The summed E-state index contributed by atoms with van der Waals surface area (Å²) in [5, 5.41) is 16.9. The molecule has 23 heavy (non-hydrogen) atoms. The van der Waals surface area contributed by atoms with Crippen molar-refractivity contribution in [3.63, 3.8) is 0 Å². The maximum atomic E-state index is 13.0. The first-order valence-electron chi connectivity index (χ1n) is 7.09. The number of thiazole rings is 1. The van der Waals surface area contributed by atoms with Crippen LogP contribution < -0.4 is 0 Å². The molecule has 1 atom stereocenters. The normalized spacial score (nSPS) is 12.3. The molecule has 3 aromatic rings. The van der Waals surface area contributed by atoms with Crippen molar-refractivity contribution in [2.75, 3.05) is 0 Å². The van der Waals surface area contributed by atoms with Crippen molar-refractivity contribution in [1.29, 1.82) is 5.26 Å². The van der Waals surface area contributed by atoms with Gasteiger partial charge in [-0.05, 0) is 26.8 Å². The van der Waals surface area contributed by atoms with Crippen LogP contribution in [0.5, 0.6) is 0 Å². The van der Waals surface area contributed by atoms with Crippen LogP contribution in [-0.4, -0.2) is 25.5 Å². The number of carbonyl (C=O) groups is 1. The molecule has 1 unspecified atom stereocenters. The molecule has 0 amide bonds. The van der Waals surface area contributed by atoms with E-state index in [1.54, 1.807) is 17.8 Å². The molecule has 0 saturated heterocycles. The molecule has 3 heterocycles. The first-order chi connectivity index (χ1) is 10.9. The van der Waals surface area contributed by atoms with E-state index in [0.29, 0.717) is 21.6 Å². The number of rotatable bonds is 3. The molecule has 0 saturated carbocycles. The molecule has 0 fully saturated rings. The summed E-state index contributed by atoms with van der Waals surface area (Å²) in [6, 6.07) is 3.82. The Labute approximate surface area is 137 Å². The third-order valence-electron chi connectivity index (χ3n) is 3.64. The Morgan fingerprint density at radius 2 is 2.04 bits per heavy atom. The average Bonchev–Trinajstić information content (AvgIpc) is 3.03. The van der Waals surface area contributed by atoms with Gasteiger partial charge in [-0.1, -0.05) is 0 Å². The molecule has 7 heteroatoms. The van der Waals surface area contributed by atoms with E-state index in [2.05, 4.69) is 21.1 Å². The fourth-order valence-electron chi connectivity index (χ4n) is 2.65. The summed E-state index contributed by atoms with van der Waals surface area (Å²) < 4.78 is 1.66. The Morgan fingerprint density at radius 3 is 2.65 bits per heavy atom. The zero-order valence-electron chi connectivity index (χ0n) is 13.3. The lowest BCUT2D eigenvalue weighted by molar-refractivity contribution is 0.0980. The van der Waals surface area contributed by atoms with Crippen molar-refractivity contribution in [3.05, 3.63) is 39.1 Å². The summed E-state index contributed by atoms with van der Waals surface area (Å²) in [5.74, 6) is -1.16. The topological polar surface area (TPSA) is 84.5 Å². The molecular weight excluding hydrogens is 310 g/mol. The Kier molecular flexibility index (Phi) is 3.70. The van der Waals surface area contributed by atoms with E-state index >= 15 is 0 Å². The monoisotopic (exact) mass is 325 g/mol. The SMILES string of the molecule is Cc1csc(C(C#N)C(=O)c2cc(C)nc3c2c(C)nn3C)n1. The molecule has 0 aliphatic carbocycles. The highest BCUT2D eigenvalue weighted by atomic mass is 32.1. The largest absolute Gasteiger partial charge is 0.292 e. The van der Waals surface area contributed by atoms with Crippen LogP contribution >= 0.6 is 11.3 Å². The van der Waals surface area contributed by atoms with Gasteiger partial charge in [0.2, 0.25) is 0 Å². The summed E-state index contributed by atoms with van der Waals surface area (Å²) in [6.07, 6.45) is 0. The van der Waals surface area contributed by atoms with Gasteiger partial charge in [-0.25, -0.2) is 9.97 Å².